The molecule has 1 amide bonds. The summed E-state index contributed by atoms with van der Waals surface area (Å²) in [5.41, 5.74) is 1.44. The summed E-state index contributed by atoms with van der Waals surface area (Å²) in [5.74, 6) is 0.345. The van der Waals surface area contributed by atoms with Gasteiger partial charge in [-0.2, -0.15) is 5.26 Å². The molecule has 1 aromatic rings. The maximum absolute atomic E-state index is 11.7. The molecule has 2 rings (SSSR count). The van der Waals surface area contributed by atoms with Gasteiger partial charge in [-0.25, -0.2) is 0 Å². The number of carbonyl (C=O) groups is 1. The maximum atomic E-state index is 11.7. The number of hydrogen-bond donors (Lipinski definition) is 1. The molecule has 1 N–H and O–H groups in total. The molecule has 5 nitrogen and oxygen atoms in total. The average molecular weight is 350 g/mol. The van der Waals surface area contributed by atoms with Crippen molar-refractivity contribution in [2.45, 2.75) is 32.7 Å². The summed E-state index contributed by atoms with van der Waals surface area (Å²) in [4.78, 5) is 15.7. The lowest BCUT2D eigenvalue weighted by Crippen LogP contribution is -2.40. The third-order valence-corrected chi connectivity index (χ3v) is 4.76. The number of likely N-dealkylation sites (tertiary alicyclic amines) is 1. The first-order valence-corrected chi connectivity index (χ1v) is 8.69. The van der Waals surface area contributed by atoms with Crippen LogP contribution in [0, 0.1) is 17.2 Å². The van der Waals surface area contributed by atoms with E-state index >= 15 is 0 Å². The molecule has 0 bridgehead atoms. The number of halogens is 1. The quantitative estimate of drug-likeness (QED) is 0.857. The lowest BCUT2D eigenvalue weighted by Gasteiger charge is -2.32. The van der Waals surface area contributed by atoms with Crippen LogP contribution in [0.1, 0.15) is 32.3 Å². The van der Waals surface area contributed by atoms with E-state index in [1.54, 1.807) is 11.0 Å². The Bertz CT molecular complexity index is 627. The maximum Gasteiger partial charge on any atom is 0.248 e. The van der Waals surface area contributed by atoms with E-state index in [0.29, 0.717) is 29.6 Å². The van der Waals surface area contributed by atoms with Crippen molar-refractivity contribution in [3.63, 3.8) is 0 Å². The molecule has 0 saturated carbocycles. The van der Waals surface area contributed by atoms with E-state index in [-0.39, 0.29) is 11.9 Å². The fourth-order valence-electron chi connectivity index (χ4n) is 3.02. The first kappa shape index (κ1) is 18.6. The van der Waals surface area contributed by atoms with Crippen molar-refractivity contribution in [1.82, 2.24) is 4.90 Å². The number of carbonyl (C=O) groups excluding carboxylic acids is 1. The number of hydrogen-bond acceptors (Lipinski definition) is 4. The number of nitriles is 1. The van der Waals surface area contributed by atoms with Crippen LogP contribution in [0.2, 0.25) is 5.02 Å². The number of rotatable bonds is 6. The van der Waals surface area contributed by atoms with E-state index in [4.69, 9.17) is 22.0 Å². The molecule has 0 unspecified atom stereocenters. The SMILES string of the molecule is CC(C)CCN(c1ccc(C#N)c(Cl)c1)[C@H]1CCN(C(=O)CO)C1. The summed E-state index contributed by atoms with van der Waals surface area (Å²) in [6, 6.07) is 7.77. The monoisotopic (exact) mass is 349 g/mol. The molecule has 6 heteroatoms. The molecule has 1 saturated heterocycles. The highest BCUT2D eigenvalue weighted by molar-refractivity contribution is 6.32. The number of nitrogens with zero attached hydrogens (tertiary/aromatic N) is 3. The van der Waals surface area contributed by atoms with Crippen molar-refractivity contribution in [2.24, 2.45) is 5.92 Å². The molecular weight excluding hydrogens is 326 g/mol. The first-order chi connectivity index (χ1) is 11.5. The molecule has 1 fully saturated rings. The minimum atomic E-state index is -0.443. The molecule has 0 spiro atoms. The van der Waals surface area contributed by atoms with E-state index < -0.39 is 6.61 Å². The molecule has 0 radical (unpaired) electrons. The minimum absolute atomic E-state index is 0.197. The summed E-state index contributed by atoms with van der Waals surface area (Å²) in [5, 5.41) is 18.5. The predicted octanol–water partition coefficient (Wildman–Crippen LogP) is 2.66. The normalized spacial score (nSPS) is 17.2. The number of anilines is 1. The largest absolute Gasteiger partial charge is 0.387 e. The number of amides is 1. The van der Waals surface area contributed by atoms with Crippen LogP contribution in [0.15, 0.2) is 18.2 Å². The highest BCUT2D eigenvalue weighted by Crippen LogP contribution is 2.28. The van der Waals surface area contributed by atoms with E-state index in [0.717, 1.165) is 25.1 Å². The van der Waals surface area contributed by atoms with Crippen LogP contribution in [-0.4, -0.2) is 48.2 Å². The second-order valence-corrected chi connectivity index (χ2v) is 7.00. The van der Waals surface area contributed by atoms with Crippen molar-refractivity contribution in [1.29, 1.82) is 5.26 Å². The van der Waals surface area contributed by atoms with Gasteiger partial charge in [0.25, 0.3) is 0 Å². The van der Waals surface area contributed by atoms with Crippen molar-refractivity contribution in [2.75, 3.05) is 31.1 Å². The van der Waals surface area contributed by atoms with Crippen LogP contribution in [0.3, 0.4) is 0 Å². The van der Waals surface area contributed by atoms with Crippen LogP contribution in [0.5, 0.6) is 0 Å². The Labute approximate surface area is 148 Å². The van der Waals surface area contributed by atoms with Gasteiger partial charge in [0.2, 0.25) is 5.91 Å². The zero-order chi connectivity index (χ0) is 17.7. The summed E-state index contributed by atoms with van der Waals surface area (Å²) in [7, 11) is 0. The predicted molar refractivity (Wildman–Crippen MR) is 95.0 cm³/mol. The second kappa shape index (κ2) is 8.36. The summed E-state index contributed by atoms with van der Waals surface area (Å²) < 4.78 is 0. The summed E-state index contributed by atoms with van der Waals surface area (Å²) in [6.07, 6.45) is 1.89. The zero-order valence-corrected chi connectivity index (χ0v) is 15.0. The van der Waals surface area contributed by atoms with Gasteiger partial charge in [-0.3, -0.25) is 4.79 Å². The lowest BCUT2D eigenvalue weighted by molar-refractivity contribution is -0.133. The Morgan fingerprint density at radius 2 is 2.29 bits per heavy atom. The Morgan fingerprint density at radius 1 is 1.54 bits per heavy atom. The molecule has 1 aliphatic rings. The van der Waals surface area contributed by atoms with Crippen molar-refractivity contribution < 1.29 is 9.90 Å². The van der Waals surface area contributed by atoms with Crippen molar-refractivity contribution in [3.05, 3.63) is 28.8 Å². The van der Waals surface area contributed by atoms with E-state index in [9.17, 15) is 4.79 Å². The van der Waals surface area contributed by atoms with Crippen molar-refractivity contribution >= 4 is 23.2 Å². The fraction of sp³-hybridized carbons (Fsp3) is 0.556. The molecule has 1 heterocycles. The molecule has 24 heavy (non-hydrogen) atoms. The number of benzene rings is 1. The van der Waals surface area contributed by atoms with Crippen molar-refractivity contribution in [3.8, 4) is 6.07 Å². The topological polar surface area (TPSA) is 67.6 Å². The molecule has 0 aliphatic carbocycles. The zero-order valence-electron chi connectivity index (χ0n) is 14.2. The van der Waals surface area contributed by atoms with E-state index in [2.05, 4.69) is 24.8 Å². The Balaban J connectivity index is 2.21. The smallest absolute Gasteiger partial charge is 0.248 e. The second-order valence-electron chi connectivity index (χ2n) is 6.59. The minimum Gasteiger partial charge on any atom is -0.387 e. The molecule has 1 aromatic carbocycles. The Kier molecular flexibility index (Phi) is 6.47. The van der Waals surface area contributed by atoms with E-state index in [1.807, 2.05) is 12.1 Å². The third-order valence-electron chi connectivity index (χ3n) is 4.44. The lowest BCUT2D eigenvalue weighted by atomic mass is 10.1. The Hall–Kier alpha value is -1.77. The summed E-state index contributed by atoms with van der Waals surface area (Å²) in [6.45, 7) is 6.05. The number of aliphatic hydroxyl groups is 1. The van der Waals surface area contributed by atoms with Gasteiger partial charge in [-0.05, 0) is 37.0 Å². The first-order valence-electron chi connectivity index (χ1n) is 8.31. The fourth-order valence-corrected chi connectivity index (χ4v) is 3.23. The van der Waals surface area contributed by atoms with Crippen LogP contribution in [0.25, 0.3) is 0 Å². The van der Waals surface area contributed by atoms with Crippen LogP contribution < -0.4 is 4.90 Å². The van der Waals surface area contributed by atoms with Gasteiger partial charge >= 0.3 is 0 Å². The van der Waals surface area contributed by atoms with Gasteiger partial charge < -0.3 is 14.9 Å². The third kappa shape index (κ3) is 4.40. The van der Waals surface area contributed by atoms with E-state index in [1.165, 1.54) is 0 Å². The van der Waals surface area contributed by atoms with Gasteiger partial charge in [-0.1, -0.05) is 25.4 Å². The van der Waals surface area contributed by atoms with Crippen LogP contribution in [-0.2, 0) is 4.79 Å². The molecule has 1 aliphatic heterocycles. The van der Waals surface area contributed by atoms with Gasteiger partial charge in [0.15, 0.2) is 0 Å². The van der Waals surface area contributed by atoms with Gasteiger partial charge in [-0.15, -0.1) is 0 Å². The van der Waals surface area contributed by atoms with Gasteiger partial charge in [0.05, 0.1) is 10.6 Å². The van der Waals surface area contributed by atoms with Gasteiger partial charge in [0, 0.05) is 31.4 Å². The van der Waals surface area contributed by atoms with Crippen LogP contribution >= 0.6 is 11.6 Å². The van der Waals surface area contributed by atoms with Crippen LogP contribution in [0.4, 0.5) is 5.69 Å². The standard InChI is InChI=1S/C18H24ClN3O2/c1-13(2)5-8-22(15-4-3-14(10-20)17(19)9-15)16-6-7-21(11-16)18(24)12-23/h3-4,9,13,16,23H,5-8,11-12H2,1-2H3/t16-/m0/s1. The molecule has 1 atom stereocenters. The average Bonchev–Trinajstić information content (AvgIpc) is 3.04. The molecule has 0 aromatic heterocycles. The number of aliphatic hydroxyl groups excluding tert-OH is 1. The molecule has 130 valence electrons. The Morgan fingerprint density at radius 3 is 2.88 bits per heavy atom. The summed E-state index contributed by atoms with van der Waals surface area (Å²) >= 11 is 6.20. The van der Waals surface area contributed by atoms with Gasteiger partial charge in [0.1, 0.15) is 12.7 Å². The highest BCUT2D eigenvalue weighted by atomic mass is 35.5. The molecular formula is C18H24ClN3O2. The highest BCUT2D eigenvalue weighted by Gasteiger charge is 2.30.